The molecule has 0 atom stereocenters. The predicted octanol–water partition coefficient (Wildman–Crippen LogP) is 1.46. The van der Waals surface area contributed by atoms with E-state index in [-0.39, 0.29) is 0 Å². The molecule has 0 saturated carbocycles. The number of benzene rings is 1. The third-order valence-corrected chi connectivity index (χ3v) is 1.79. The lowest BCUT2D eigenvalue weighted by atomic mass is 10.1. The largest absolute Gasteiger partial charge is 0.496 e. The summed E-state index contributed by atoms with van der Waals surface area (Å²) in [6.45, 7) is 2.57. The van der Waals surface area contributed by atoms with Crippen molar-refractivity contribution in [3.05, 3.63) is 29.3 Å². The second-order valence-corrected chi connectivity index (χ2v) is 2.46. The van der Waals surface area contributed by atoms with Crippen molar-refractivity contribution in [3.63, 3.8) is 0 Å². The van der Waals surface area contributed by atoms with Crippen molar-refractivity contribution >= 4 is 0 Å². The van der Waals surface area contributed by atoms with Gasteiger partial charge >= 0.3 is 0 Å². The van der Waals surface area contributed by atoms with Crippen molar-refractivity contribution in [2.75, 3.05) is 7.11 Å². The Hall–Kier alpha value is -1.02. The van der Waals surface area contributed by atoms with E-state index >= 15 is 0 Å². The van der Waals surface area contributed by atoms with Gasteiger partial charge in [-0.2, -0.15) is 0 Å². The third-order valence-electron chi connectivity index (χ3n) is 1.79. The second-order valence-electron chi connectivity index (χ2n) is 2.46. The summed E-state index contributed by atoms with van der Waals surface area (Å²) >= 11 is 0. The molecular weight excluding hydrogens is 138 g/mol. The van der Waals surface area contributed by atoms with E-state index < -0.39 is 0 Å². The van der Waals surface area contributed by atoms with E-state index in [0.29, 0.717) is 6.54 Å². The van der Waals surface area contributed by atoms with Crippen LogP contribution in [0.1, 0.15) is 11.1 Å². The SMILES string of the molecule is COc1cccc(C)c1CN. The third kappa shape index (κ3) is 1.52. The maximum Gasteiger partial charge on any atom is 0.123 e. The van der Waals surface area contributed by atoms with E-state index in [1.54, 1.807) is 7.11 Å². The van der Waals surface area contributed by atoms with Crippen LogP contribution in [0.4, 0.5) is 0 Å². The van der Waals surface area contributed by atoms with Gasteiger partial charge in [0.25, 0.3) is 0 Å². The molecule has 2 heteroatoms. The minimum absolute atomic E-state index is 0.538. The fraction of sp³-hybridized carbons (Fsp3) is 0.333. The summed E-state index contributed by atoms with van der Waals surface area (Å²) in [5.74, 6) is 0.882. The van der Waals surface area contributed by atoms with Crippen LogP contribution in [0.25, 0.3) is 0 Å². The van der Waals surface area contributed by atoms with Crippen molar-refractivity contribution in [2.24, 2.45) is 5.73 Å². The molecular formula is C9H13NO. The van der Waals surface area contributed by atoms with Crippen LogP contribution in [-0.2, 0) is 6.54 Å². The average Bonchev–Trinajstić information content (AvgIpc) is 2.04. The van der Waals surface area contributed by atoms with E-state index in [0.717, 1.165) is 11.3 Å². The van der Waals surface area contributed by atoms with Crippen LogP contribution in [0, 0.1) is 6.92 Å². The molecule has 0 spiro atoms. The van der Waals surface area contributed by atoms with Crippen LogP contribution in [0.15, 0.2) is 18.2 Å². The number of nitrogens with two attached hydrogens (primary N) is 1. The zero-order valence-corrected chi connectivity index (χ0v) is 6.92. The first-order valence-corrected chi connectivity index (χ1v) is 3.62. The number of ether oxygens (including phenoxy) is 1. The fourth-order valence-electron chi connectivity index (χ4n) is 1.13. The molecule has 2 N–H and O–H groups in total. The minimum Gasteiger partial charge on any atom is -0.496 e. The first-order chi connectivity index (χ1) is 5.29. The molecule has 0 radical (unpaired) electrons. The average molecular weight is 151 g/mol. The molecule has 1 aromatic carbocycles. The highest BCUT2D eigenvalue weighted by Gasteiger charge is 2.01. The zero-order chi connectivity index (χ0) is 8.27. The van der Waals surface area contributed by atoms with E-state index in [2.05, 4.69) is 0 Å². The van der Waals surface area contributed by atoms with Crippen LogP contribution < -0.4 is 10.5 Å². The van der Waals surface area contributed by atoms with Gasteiger partial charge < -0.3 is 10.5 Å². The summed E-state index contributed by atoms with van der Waals surface area (Å²) in [6.07, 6.45) is 0. The Morgan fingerprint density at radius 3 is 2.64 bits per heavy atom. The molecule has 0 aliphatic heterocycles. The van der Waals surface area contributed by atoms with Crippen molar-refractivity contribution in [1.29, 1.82) is 0 Å². The Morgan fingerprint density at radius 1 is 1.45 bits per heavy atom. The molecule has 0 fully saturated rings. The molecule has 0 aliphatic carbocycles. The lowest BCUT2D eigenvalue weighted by molar-refractivity contribution is 0.409. The van der Waals surface area contributed by atoms with Crippen molar-refractivity contribution < 1.29 is 4.74 Å². The molecule has 0 bridgehead atoms. The predicted molar refractivity (Wildman–Crippen MR) is 45.6 cm³/mol. The molecule has 0 saturated heterocycles. The molecule has 0 heterocycles. The van der Waals surface area contributed by atoms with Crippen molar-refractivity contribution in [3.8, 4) is 5.75 Å². The number of rotatable bonds is 2. The van der Waals surface area contributed by atoms with E-state index in [1.165, 1.54) is 5.56 Å². The van der Waals surface area contributed by atoms with Gasteiger partial charge in [0, 0.05) is 12.1 Å². The molecule has 0 unspecified atom stereocenters. The van der Waals surface area contributed by atoms with Gasteiger partial charge in [0.15, 0.2) is 0 Å². The molecule has 11 heavy (non-hydrogen) atoms. The summed E-state index contributed by atoms with van der Waals surface area (Å²) in [5.41, 5.74) is 7.83. The van der Waals surface area contributed by atoms with Crippen molar-refractivity contribution in [2.45, 2.75) is 13.5 Å². The Morgan fingerprint density at radius 2 is 2.18 bits per heavy atom. The molecule has 0 aliphatic rings. The molecule has 60 valence electrons. The summed E-state index contributed by atoms with van der Waals surface area (Å²) in [6, 6.07) is 5.92. The van der Waals surface area contributed by atoms with Crippen LogP contribution in [0.2, 0.25) is 0 Å². The van der Waals surface area contributed by atoms with Gasteiger partial charge in [-0.3, -0.25) is 0 Å². The van der Waals surface area contributed by atoms with Crippen LogP contribution >= 0.6 is 0 Å². The van der Waals surface area contributed by atoms with E-state index in [4.69, 9.17) is 10.5 Å². The summed E-state index contributed by atoms with van der Waals surface area (Å²) < 4.78 is 5.14. The second kappa shape index (κ2) is 3.39. The van der Waals surface area contributed by atoms with Crippen molar-refractivity contribution in [1.82, 2.24) is 0 Å². The number of methoxy groups -OCH3 is 1. The number of aryl methyl sites for hydroxylation is 1. The minimum atomic E-state index is 0.538. The Balaban J connectivity index is 3.13. The summed E-state index contributed by atoms with van der Waals surface area (Å²) in [5, 5.41) is 0. The lowest BCUT2D eigenvalue weighted by Crippen LogP contribution is -2.01. The monoisotopic (exact) mass is 151 g/mol. The molecule has 2 nitrogen and oxygen atoms in total. The highest BCUT2D eigenvalue weighted by atomic mass is 16.5. The number of hydrogen-bond donors (Lipinski definition) is 1. The maximum atomic E-state index is 5.55. The van der Waals surface area contributed by atoms with Gasteiger partial charge in [0.1, 0.15) is 5.75 Å². The summed E-state index contributed by atoms with van der Waals surface area (Å²) in [7, 11) is 1.66. The quantitative estimate of drug-likeness (QED) is 0.694. The van der Waals surface area contributed by atoms with Gasteiger partial charge in [-0.1, -0.05) is 12.1 Å². The topological polar surface area (TPSA) is 35.2 Å². The summed E-state index contributed by atoms with van der Waals surface area (Å²) in [4.78, 5) is 0. The normalized spacial score (nSPS) is 9.73. The van der Waals surface area contributed by atoms with Crippen LogP contribution in [0.3, 0.4) is 0 Å². The van der Waals surface area contributed by atoms with Crippen LogP contribution in [0.5, 0.6) is 5.75 Å². The molecule has 1 aromatic rings. The highest BCUT2D eigenvalue weighted by Crippen LogP contribution is 2.20. The molecule has 0 amide bonds. The van der Waals surface area contributed by atoms with E-state index in [1.807, 2.05) is 25.1 Å². The smallest absolute Gasteiger partial charge is 0.123 e. The van der Waals surface area contributed by atoms with Gasteiger partial charge in [-0.15, -0.1) is 0 Å². The Kier molecular flexibility index (Phi) is 2.49. The highest BCUT2D eigenvalue weighted by molar-refractivity contribution is 5.39. The van der Waals surface area contributed by atoms with Gasteiger partial charge in [-0.25, -0.2) is 0 Å². The molecule has 0 aromatic heterocycles. The number of hydrogen-bond acceptors (Lipinski definition) is 2. The van der Waals surface area contributed by atoms with Crippen LogP contribution in [-0.4, -0.2) is 7.11 Å². The lowest BCUT2D eigenvalue weighted by Gasteiger charge is -2.08. The van der Waals surface area contributed by atoms with E-state index in [9.17, 15) is 0 Å². The van der Waals surface area contributed by atoms with Gasteiger partial charge in [0.2, 0.25) is 0 Å². The van der Waals surface area contributed by atoms with Gasteiger partial charge in [0.05, 0.1) is 7.11 Å². The first kappa shape index (κ1) is 8.08. The Labute approximate surface area is 67.0 Å². The maximum absolute atomic E-state index is 5.55. The first-order valence-electron chi connectivity index (χ1n) is 3.62. The fourth-order valence-corrected chi connectivity index (χ4v) is 1.13. The van der Waals surface area contributed by atoms with Gasteiger partial charge in [-0.05, 0) is 18.6 Å². The zero-order valence-electron chi connectivity index (χ0n) is 6.92. The molecule has 1 rings (SSSR count). The standard InChI is InChI=1S/C9H13NO/c1-7-4-3-5-9(11-2)8(7)6-10/h3-5H,6,10H2,1-2H3. The Bertz CT molecular complexity index is 245.